The van der Waals surface area contributed by atoms with Gasteiger partial charge in [-0.2, -0.15) is 0 Å². The summed E-state index contributed by atoms with van der Waals surface area (Å²) in [5, 5.41) is 5.50. The molecule has 2 amide bonds. The normalized spacial score (nSPS) is 22.8. The predicted molar refractivity (Wildman–Crippen MR) is 114 cm³/mol. The summed E-state index contributed by atoms with van der Waals surface area (Å²) < 4.78 is 27.2. The molecular formula is C21H30N4O4S. The number of nitrogens with one attached hydrogen (secondary N) is 2. The smallest absolute Gasteiger partial charge is 0.264 e. The zero-order valence-electron chi connectivity index (χ0n) is 17.7. The average Bonchev–Trinajstić information content (AvgIpc) is 2.70. The van der Waals surface area contributed by atoms with Gasteiger partial charge >= 0.3 is 0 Å². The maximum absolute atomic E-state index is 13.1. The van der Waals surface area contributed by atoms with Crippen LogP contribution in [-0.4, -0.2) is 60.7 Å². The molecule has 2 aliphatic rings. The minimum atomic E-state index is -3.96. The van der Waals surface area contributed by atoms with Crippen molar-refractivity contribution in [3.63, 3.8) is 0 Å². The molecule has 0 aliphatic carbocycles. The first-order chi connectivity index (χ1) is 14.2. The molecule has 8 nitrogen and oxygen atoms in total. The lowest BCUT2D eigenvalue weighted by Crippen LogP contribution is -2.53. The van der Waals surface area contributed by atoms with E-state index in [0.717, 1.165) is 35.8 Å². The largest absolute Gasteiger partial charge is 0.352 e. The summed E-state index contributed by atoms with van der Waals surface area (Å²) >= 11 is 0. The second kappa shape index (κ2) is 9.18. The van der Waals surface area contributed by atoms with Gasteiger partial charge in [-0.1, -0.05) is 17.7 Å². The Balaban J connectivity index is 1.72. The van der Waals surface area contributed by atoms with Crippen molar-refractivity contribution in [1.82, 2.24) is 19.8 Å². The highest BCUT2D eigenvalue weighted by atomic mass is 32.2. The second-order valence-corrected chi connectivity index (χ2v) is 10.0. The fourth-order valence-electron chi connectivity index (χ4n) is 3.83. The molecule has 3 rings (SSSR count). The Morgan fingerprint density at radius 3 is 2.63 bits per heavy atom. The fourth-order valence-corrected chi connectivity index (χ4v) is 5.28. The Bertz CT molecular complexity index is 911. The van der Waals surface area contributed by atoms with E-state index in [-0.39, 0.29) is 23.3 Å². The number of benzene rings is 1. The van der Waals surface area contributed by atoms with Crippen LogP contribution in [-0.2, 0) is 19.6 Å². The number of hydrogen-bond acceptors (Lipinski definition) is 5. The minimum Gasteiger partial charge on any atom is -0.352 e. The molecule has 30 heavy (non-hydrogen) atoms. The third-order valence-corrected chi connectivity index (χ3v) is 7.38. The van der Waals surface area contributed by atoms with Crippen LogP contribution in [0.3, 0.4) is 0 Å². The molecule has 164 valence electrons. The number of likely N-dealkylation sites (tertiary alicyclic amines) is 1. The summed E-state index contributed by atoms with van der Waals surface area (Å²) in [4.78, 5) is 27.5. The fraction of sp³-hybridized carbons (Fsp3) is 0.524. The van der Waals surface area contributed by atoms with Gasteiger partial charge in [0.2, 0.25) is 11.8 Å². The van der Waals surface area contributed by atoms with E-state index in [4.69, 9.17) is 0 Å². The molecule has 0 radical (unpaired) electrons. The van der Waals surface area contributed by atoms with E-state index in [9.17, 15) is 18.0 Å². The minimum absolute atomic E-state index is 0.00185. The molecule has 2 aliphatic heterocycles. The molecule has 0 spiro atoms. The highest BCUT2D eigenvalue weighted by Crippen LogP contribution is 2.23. The third kappa shape index (κ3) is 5.02. The Morgan fingerprint density at radius 2 is 1.97 bits per heavy atom. The van der Waals surface area contributed by atoms with Crippen molar-refractivity contribution < 1.29 is 18.0 Å². The maximum Gasteiger partial charge on any atom is 0.264 e. The van der Waals surface area contributed by atoms with E-state index < -0.39 is 22.0 Å². The number of aryl methyl sites for hydroxylation is 1. The van der Waals surface area contributed by atoms with Crippen LogP contribution in [0.15, 0.2) is 41.6 Å². The van der Waals surface area contributed by atoms with Gasteiger partial charge in [-0.3, -0.25) is 18.8 Å². The molecule has 2 heterocycles. The summed E-state index contributed by atoms with van der Waals surface area (Å²) in [5.41, 5.74) is 0.930. The molecule has 9 heteroatoms. The van der Waals surface area contributed by atoms with Gasteiger partial charge in [0.15, 0.2) is 0 Å². The number of sulfonamides is 1. The molecule has 1 saturated heterocycles. The van der Waals surface area contributed by atoms with Crippen LogP contribution in [0.5, 0.6) is 0 Å². The van der Waals surface area contributed by atoms with Crippen molar-refractivity contribution in [2.75, 3.05) is 13.1 Å². The lowest BCUT2D eigenvalue weighted by atomic mass is 10.0. The van der Waals surface area contributed by atoms with Gasteiger partial charge in [0.05, 0.1) is 11.3 Å². The molecule has 1 aromatic carbocycles. The summed E-state index contributed by atoms with van der Waals surface area (Å²) in [7, 11) is -3.96. The Labute approximate surface area is 178 Å². The van der Waals surface area contributed by atoms with Gasteiger partial charge in [0, 0.05) is 31.0 Å². The van der Waals surface area contributed by atoms with Gasteiger partial charge < -0.3 is 10.6 Å². The molecule has 2 N–H and O–H groups in total. The maximum atomic E-state index is 13.1. The summed E-state index contributed by atoms with van der Waals surface area (Å²) in [6.45, 7) is 7.87. The van der Waals surface area contributed by atoms with Gasteiger partial charge in [-0.25, -0.2) is 8.42 Å². The summed E-state index contributed by atoms with van der Waals surface area (Å²) in [5.74, 6) is -0.846. The zero-order valence-corrected chi connectivity index (χ0v) is 18.5. The van der Waals surface area contributed by atoms with E-state index in [1.165, 1.54) is 24.5 Å². The molecule has 2 atom stereocenters. The van der Waals surface area contributed by atoms with E-state index in [1.807, 2.05) is 6.92 Å². The van der Waals surface area contributed by atoms with Crippen LogP contribution in [0, 0.1) is 6.92 Å². The lowest BCUT2D eigenvalue weighted by molar-refractivity contribution is -0.130. The number of carbonyl (C=O) groups is 2. The van der Waals surface area contributed by atoms with Crippen molar-refractivity contribution in [1.29, 1.82) is 0 Å². The zero-order chi connectivity index (χ0) is 21.9. The van der Waals surface area contributed by atoms with E-state index in [2.05, 4.69) is 29.4 Å². The molecule has 1 fully saturated rings. The first kappa shape index (κ1) is 22.3. The van der Waals surface area contributed by atoms with Crippen molar-refractivity contribution in [2.24, 2.45) is 0 Å². The number of amides is 2. The van der Waals surface area contributed by atoms with E-state index >= 15 is 0 Å². The molecular weight excluding hydrogens is 404 g/mol. The van der Waals surface area contributed by atoms with Crippen LogP contribution in [0.2, 0.25) is 0 Å². The Morgan fingerprint density at radius 1 is 1.27 bits per heavy atom. The Kier molecular flexibility index (Phi) is 6.82. The first-order valence-electron chi connectivity index (χ1n) is 10.3. The molecule has 0 unspecified atom stereocenters. The van der Waals surface area contributed by atoms with Gasteiger partial charge in [-0.05, 0) is 52.3 Å². The standard InChI is InChI=1S/C21H30N4O4S/c1-15(2)24-11-4-5-17(14-24)23-20(26)13-19-21(27)22-10-12-25(19)30(28,29)18-8-6-16(3)7-9-18/h6-10,12,15,17,19H,4-5,11,13-14H2,1-3H3,(H,22,27)(H,23,26)/t17-,19+/m0/s1. The van der Waals surface area contributed by atoms with Crippen LogP contribution in [0.25, 0.3) is 0 Å². The number of nitrogens with zero attached hydrogens (tertiary/aromatic N) is 2. The van der Waals surface area contributed by atoms with Gasteiger partial charge in [0.25, 0.3) is 10.0 Å². The van der Waals surface area contributed by atoms with Crippen molar-refractivity contribution in [2.45, 2.75) is 63.1 Å². The molecule has 1 aromatic rings. The highest BCUT2D eigenvalue weighted by molar-refractivity contribution is 7.89. The first-order valence-corrected chi connectivity index (χ1v) is 11.7. The van der Waals surface area contributed by atoms with Crippen molar-refractivity contribution in [3.05, 3.63) is 42.2 Å². The monoisotopic (exact) mass is 434 g/mol. The van der Waals surface area contributed by atoms with Crippen LogP contribution >= 0.6 is 0 Å². The van der Waals surface area contributed by atoms with Crippen LogP contribution in [0.1, 0.15) is 38.7 Å². The second-order valence-electron chi connectivity index (χ2n) is 8.19. The van der Waals surface area contributed by atoms with Crippen molar-refractivity contribution in [3.8, 4) is 0 Å². The highest BCUT2D eigenvalue weighted by Gasteiger charge is 2.37. The van der Waals surface area contributed by atoms with E-state index in [0.29, 0.717) is 6.04 Å². The predicted octanol–water partition coefficient (Wildman–Crippen LogP) is 1.33. The number of carbonyl (C=O) groups excluding carboxylic acids is 2. The van der Waals surface area contributed by atoms with Crippen molar-refractivity contribution >= 4 is 21.8 Å². The van der Waals surface area contributed by atoms with Gasteiger partial charge in [0.1, 0.15) is 6.04 Å². The molecule has 0 aromatic heterocycles. The molecule has 0 bridgehead atoms. The van der Waals surface area contributed by atoms with Gasteiger partial charge in [-0.15, -0.1) is 0 Å². The van der Waals surface area contributed by atoms with Crippen LogP contribution < -0.4 is 10.6 Å². The Hall–Kier alpha value is -2.39. The number of hydrogen-bond donors (Lipinski definition) is 2. The quantitative estimate of drug-likeness (QED) is 0.704. The lowest BCUT2D eigenvalue weighted by Gasteiger charge is -2.36. The summed E-state index contributed by atoms with van der Waals surface area (Å²) in [6.07, 6.45) is 4.21. The average molecular weight is 435 g/mol. The molecule has 0 saturated carbocycles. The topological polar surface area (TPSA) is 98.8 Å². The summed E-state index contributed by atoms with van der Waals surface area (Å²) in [6, 6.07) is 5.67. The SMILES string of the molecule is Cc1ccc(S(=O)(=O)N2C=CNC(=O)[C@H]2CC(=O)N[C@H]2CCCN(C(C)C)C2)cc1. The van der Waals surface area contributed by atoms with E-state index in [1.54, 1.807) is 12.1 Å². The number of piperidine rings is 1. The third-order valence-electron chi connectivity index (χ3n) is 5.58. The number of rotatable bonds is 6. The van der Waals surface area contributed by atoms with Crippen LogP contribution in [0.4, 0.5) is 0 Å².